The molecule has 22 heavy (non-hydrogen) atoms. The average molecular weight is 302 g/mol. The summed E-state index contributed by atoms with van der Waals surface area (Å²) in [4.78, 5) is 17.4. The van der Waals surface area contributed by atoms with E-state index < -0.39 is 0 Å². The third-order valence-electron chi connectivity index (χ3n) is 3.24. The summed E-state index contributed by atoms with van der Waals surface area (Å²) in [5, 5.41) is 2.78. The molecule has 7 nitrogen and oxygen atoms in total. The summed E-state index contributed by atoms with van der Waals surface area (Å²) in [5.74, 6) is 1.20. The van der Waals surface area contributed by atoms with Crippen molar-refractivity contribution in [3.8, 4) is 17.1 Å². The molecule has 1 saturated heterocycles. The van der Waals surface area contributed by atoms with Crippen LogP contribution in [0.1, 0.15) is 13.8 Å². The number of nitrogens with one attached hydrogen (secondary N) is 1. The minimum atomic E-state index is -0.121. The van der Waals surface area contributed by atoms with Gasteiger partial charge >= 0.3 is 6.03 Å². The Morgan fingerprint density at radius 1 is 1.41 bits per heavy atom. The zero-order valence-corrected chi connectivity index (χ0v) is 12.5. The predicted molar refractivity (Wildman–Crippen MR) is 82.9 cm³/mol. The summed E-state index contributed by atoms with van der Waals surface area (Å²) >= 11 is 0. The highest BCUT2D eigenvalue weighted by molar-refractivity contribution is 5.95. The average Bonchev–Trinajstić information content (AvgIpc) is 3.06. The van der Waals surface area contributed by atoms with Gasteiger partial charge in [0.25, 0.3) is 6.01 Å². The van der Waals surface area contributed by atoms with Gasteiger partial charge in [0.05, 0.1) is 12.3 Å². The fraction of sp³-hybridized carbons (Fsp3) is 0.333. The first-order valence-electron chi connectivity index (χ1n) is 7.12. The number of aromatic nitrogens is 1. The summed E-state index contributed by atoms with van der Waals surface area (Å²) in [6.45, 7) is 5.13. The van der Waals surface area contributed by atoms with Gasteiger partial charge < -0.3 is 20.2 Å². The molecule has 1 fully saturated rings. The van der Waals surface area contributed by atoms with Gasteiger partial charge in [-0.2, -0.15) is 0 Å². The van der Waals surface area contributed by atoms with Crippen molar-refractivity contribution in [2.75, 3.05) is 23.7 Å². The third-order valence-corrected chi connectivity index (χ3v) is 3.24. The molecular weight excluding hydrogens is 284 g/mol. The number of nitrogens with two attached hydrogens (primary N) is 1. The lowest BCUT2D eigenvalue weighted by molar-refractivity contribution is 0.242. The van der Waals surface area contributed by atoms with Crippen LogP contribution in [-0.2, 0) is 0 Å². The van der Waals surface area contributed by atoms with Crippen molar-refractivity contribution in [3.63, 3.8) is 0 Å². The Morgan fingerprint density at radius 2 is 2.23 bits per heavy atom. The zero-order chi connectivity index (χ0) is 15.7. The van der Waals surface area contributed by atoms with E-state index in [0.29, 0.717) is 24.6 Å². The van der Waals surface area contributed by atoms with Crippen LogP contribution in [0.3, 0.4) is 0 Å². The Bertz CT molecular complexity index is 696. The number of oxazole rings is 1. The molecule has 2 aromatic rings. The van der Waals surface area contributed by atoms with Gasteiger partial charge in [-0.05, 0) is 26.0 Å². The molecule has 116 valence electrons. The lowest BCUT2D eigenvalue weighted by Crippen LogP contribution is -2.27. The second-order valence-corrected chi connectivity index (χ2v) is 5.33. The van der Waals surface area contributed by atoms with Crippen LogP contribution in [0.4, 0.5) is 16.5 Å². The molecule has 0 aliphatic carbocycles. The minimum absolute atomic E-state index is 0.0234. The van der Waals surface area contributed by atoms with Crippen LogP contribution in [0.5, 0.6) is 5.75 Å². The molecule has 3 N–H and O–H groups in total. The molecule has 1 aromatic heterocycles. The van der Waals surface area contributed by atoms with Crippen LogP contribution in [0, 0.1) is 0 Å². The van der Waals surface area contributed by atoms with Crippen molar-refractivity contribution < 1.29 is 13.9 Å². The van der Waals surface area contributed by atoms with E-state index in [-0.39, 0.29) is 18.1 Å². The fourth-order valence-corrected chi connectivity index (χ4v) is 2.36. The van der Waals surface area contributed by atoms with Gasteiger partial charge in [-0.15, -0.1) is 0 Å². The molecule has 0 spiro atoms. The molecule has 0 bridgehead atoms. The molecule has 1 aliphatic rings. The van der Waals surface area contributed by atoms with Crippen molar-refractivity contribution in [2.45, 2.75) is 20.0 Å². The van der Waals surface area contributed by atoms with Crippen LogP contribution >= 0.6 is 0 Å². The summed E-state index contributed by atoms with van der Waals surface area (Å²) < 4.78 is 11.1. The molecule has 0 unspecified atom stereocenters. The van der Waals surface area contributed by atoms with Gasteiger partial charge in [-0.25, -0.2) is 9.78 Å². The van der Waals surface area contributed by atoms with Crippen LogP contribution < -0.4 is 20.7 Å². The van der Waals surface area contributed by atoms with E-state index in [9.17, 15) is 4.79 Å². The van der Waals surface area contributed by atoms with Gasteiger partial charge in [0.2, 0.25) is 0 Å². The number of urea groups is 1. The number of carbonyl (C=O) groups excluding carboxylic acids is 1. The fourth-order valence-electron chi connectivity index (χ4n) is 2.36. The predicted octanol–water partition coefficient (Wildman–Crippen LogP) is 2.24. The van der Waals surface area contributed by atoms with Gasteiger partial charge in [0.1, 0.15) is 5.75 Å². The monoisotopic (exact) mass is 302 g/mol. The number of nitrogens with zero attached hydrogens (tertiary/aromatic N) is 2. The highest BCUT2D eigenvalue weighted by atomic mass is 16.5. The SMILES string of the molecule is CC(C)Oc1cc(-c2cnc(N)o2)cc(N2CCNC2=O)c1. The first kappa shape index (κ1) is 14.2. The maximum Gasteiger partial charge on any atom is 0.321 e. The molecule has 1 aliphatic heterocycles. The number of benzene rings is 1. The maximum absolute atomic E-state index is 11.9. The number of ether oxygens (including phenoxy) is 1. The second kappa shape index (κ2) is 5.59. The van der Waals surface area contributed by atoms with E-state index in [1.807, 2.05) is 32.0 Å². The quantitative estimate of drug-likeness (QED) is 0.903. The second-order valence-electron chi connectivity index (χ2n) is 5.33. The normalized spacial score (nSPS) is 14.5. The highest BCUT2D eigenvalue weighted by Crippen LogP contribution is 2.32. The van der Waals surface area contributed by atoms with E-state index in [1.54, 1.807) is 11.1 Å². The standard InChI is InChI=1S/C15H18N4O3/c1-9(2)21-12-6-10(13-8-18-14(16)22-13)5-11(7-12)19-4-3-17-15(19)20/h5-9H,3-4H2,1-2H3,(H2,16,18)(H,17,20). The molecule has 0 saturated carbocycles. The summed E-state index contributed by atoms with van der Waals surface area (Å²) in [5.41, 5.74) is 7.04. The molecular formula is C15H18N4O3. The molecule has 1 aromatic carbocycles. The minimum Gasteiger partial charge on any atom is -0.491 e. The maximum atomic E-state index is 11.9. The Labute approximate surface area is 128 Å². The number of hydrogen-bond donors (Lipinski definition) is 2. The largest absolute Gasteiger partial charge is 0.491 e. The molecule has 0 radical (unpaired) electrons. The van der Waals surface area contributed by atoms with Crippen LogP contribution in [0.25, 0.3) is 11.3 Å². The Balaban J connectivity index is 2.03. The lowest BCUT2D eigenvalue weighted by Gasteiger charge is -2.18. The van der Waals surface area contributed by atoms with Gasteiger partial charge in [-0.1, -0.05) is 0 Å². The lowest BCUT2D eigenvalue weighted by atomic mass is 10.1. The van der Waals surface area contributed by atoms with Gasteiger partial charge in [-0.3, -0.25) is 4.90 Å². The Kier molecular flexibility index (Phi) is 3.62. The topological polar surface area (TPSA) is 93.6 Å². The smallest absolute Gasteiger partial charge is 0.321 e. The van der Waals surface area contributed by atoms with Crippen LogP contribution in [0.15, 0.2) is 28.8 Å². The van der Waals surface area contributed by atoms with E-state index in [4.69, 9.17) is 14.9 Å². The van der Waals surface area contributed by atoms with Crippen molar-refractivity contribution in [1.82, 2.24) is 10.3 Å². The molecule has 0 atom stereocenters. The number of hydrogen-bond acceptors (Lipinski definition) is 5. The number of rotatable bonds is 4. The third kappa shape index (κ3) is 2.83. The van der Waals surface area contributed by atoms with E-state index in [2.05, 4.69) is 10.3 Å². The van der Waals surface area contributed by atoms with Crippen molar-refractivity contribution in [2.24, 2.45) is 0 Å². The molecule has 2 heterocycles. The van der Waals surface area contributed by atoms with Crippen LogP contribution in [-0.4, -0.2) is 30.2 Å². The first-order valence-corrected chi connectivity index (χ1v) is 7.12. The molecule has 7 heteroatoms. The summed E-state index contributed by atoms with van der Waals surface area (Å²) in [6.07, 6.45) is 1.58. The van der Waals surface area contributed by atoms with Crippen molar-refractivity contribution in [1.29, 1.82) is 0 Å². The number of amides is 2. The van der Waals surface area contributed by atoms with E-state index >= 15 is 0 Å². The Hall–Kier alpha value is -2.70. The zero-order valence-electron chi connectivity index (χ0n) is 12.5. The summed E-state index contributed by atoms with van der Waals surface area (Å²) in [7, 11) is 0. The Morgan fingerprint density at radius 3 is 2.82 bits per heavy atom. The molecule has 3 rings (SSSR count). The summed E-state index contributed by atoms with van der Waals surface area (Å²) in [6, 6.07) is 5.53. The van der Waals surface area contributed by atoms with Gasteiger partial charge in [0.15, 0.2) is 5.76 Å². The van der Waals surface area contributed by atoms with Crippen LogP contribution in [0.2, 0.25) is 0 Å². The first-order chi connectivity index (χ1) is 10.5. The van der Waals surface area contributed by atoms with Crippen molar-refractivity contribution >= 4 is 17.7 Å². The molecule has 2 amide bonds. The highest BCUT2D eigenvalue weighted by Gasteiger charge is 2.23. The van der Waals surface area contributed by atoms with Crippen molar-refractivity contribution in [3.05, 3.63) is 24.4 Å². The number of nitrogen functional groups attached to an aromatic ring is 1. The van der Waals surface area contributed by atoms with Gasteiger partial charge in [0, 0.05) is 30.4 Å². The van der Waals surface area contributed by atoms with E-state index in [1.165, 1.54) is 0 Å². The number of carbonyl (C=O) groups is 1. The number of anilines is 2. The van der Waals surface area contributed by atoms with E-state index in [0.717, 1.165) is 11.3 Å².